The van der Waals surface area contributed by atoms with Crippen LogP contribution in [0.4, 0.5) is 0 Å². The molecule has 0 saturated carbocycles. The first-order valence-electron chi connectivity index (χ1n) is 4.22. The molecule has 3 heteroatoms. The van der Waals surface area contributed by atoms with E-state index in [1.807, 2.05) is 23.8 Å². The summed E-state index contributed by atoms with van der Waals surface area (Å²) >= 11 is 0. The molecule has 0 radical (unpaired) electrons. The van der Waals surface area contributed by atoms with Crippen LogP contribution >= 0.6 is 0 Å². The molecule has 0 spiro atoms. The summed E-state index contributed by atoms with van der Waals surface area (Å²) in [4.78, 5) is 11.4. The summed E-state index contributed by atoms with van der Waals surface area (Å²) in [6.07, 6.45) is 3.05. The molecule has 0 aliphatic carbocycles. The molecular weight excluding hydrogens is 152 g/mol. The third-order valence-corrected chi connectivity index (χ3v) is 2.13. The summed E-state index contributed by atoms with van der Waals surface area (Å²) in [5, 5.41) is 2.85. The Morgan fingerprint density at radius 2 is 2.42 bits per heavy atom. The Hall–Kier alpha value is -1.25. The molecule has 0 bridgehead atoms. The largest absolute Gasteiger partial charge is 0.351 e. The lowest BCUT2D eigenvalue weighted by Crippen LogP contribution is -2.22. The van der Waals surface area contributed by atoms with Gasteiger partial charge in [-0.1, -0.05) is 0 Å². The van der Waals surface area contributed by atoms with Crippen molar-refractivity contribution >= 4 is 5.91 Å². The molecule has 1 N–H and O–H groups in total. The highest BCUT2D eigenvalue weighted by atomic mass is 16.1. The first-order valence-corrected chi connectivity index (χ1v) is 4.22. The number of rotatable bonds is 0. The Labute approximate surface area is 71.4 Å². The second kappa shape index (κ2) is 2.66. The number of nitrogens with zero attached hydrogens (tertiary/aromatic N) is 1. The van der Waals surface area contributed by atoms with Crippen molar-refractivity contribution in [3.05, 3.63) is 23.5 Å². The summed E-state index contributed by atoms with van der Waals surface area (Å²) < 4.78 is 2.03. The van der Waals surface area contributed by atoms with E-state index in [0.29, 0.717) is 0 Å². The minimum Gasteiger partial charge on any atom is -0.351 e. The van der Waals surface area contributed by atoms with Crippen LogP contribution in [0.15, 0.2) is 12.3 Å². The van der Waals surface area contributed by atoms with Gasteiger partial charge in [-0.3, -0.25) is 4.79 Å². The van der Waals surface area contributed by atoms with E-state index in [2.05, 4.69) is 5.32 Å². The molecule has 1 aliphatic heterocycles. The number of nitrogens with one attached hydrogen (secondary N) is 1. The van der Waals surface area contributed by atoms with E-state index in [-0.39, 0.29) is 5.91 Å². The number of carbonyl (C=O) groups excluding carboxylic acids is 1. The van der Waals surface area contributed by atoms with Crippen molar-refractivity contribution in [2.45, 2.75) is 19.9 Å². The van der Waals surface area contributed by atoms with E-state index < -0.39 is 0 Å². The summed E-state index contributed by atoms with van der Waals surface area (Å²) in [6, 6.07) is 1.93. The molecule has 3 nitrogen and oxygen atoms in total. The van der Waals surface area contributed by atoms with Crippen molar-refractivity contribution in [2.75, 3.05) is 6.54 Å². The van der Waals surface area contributed by atoms with Crippen molar-refractivity contribution < 1.29 is 4.79 Å². The number of fused-ring (bicyclic) bond motifs is 1. The van der Waals surface area contributed by atoms with Gasteiger partial charge in [0.05, 0.1) is 0 Å². The fourth-order valence-electron chi connectivity index (χ4n) is 1.57. The molecule has 12 heavy (non-hydrogen) atoms. The summed E-state index contributed by atoms with van der Waals surface area (Å²) in [5.74, 6) is 0.0561. The number of carbonyl (C=O) groups is 1. The van der Waals surface area contributed by atoms with Gasteiger partial charge in [-0.15, -0.1) is 0 Å². The van der Waals surface area contributed by atoms with Crippen molar-refractivity contribution in [1.82, 2.24) is 9.88 Å². The van der Waals surface area contributed by atoms with Crippen molar-refractivity contribution in [3.63, 3.8) is 0 Å². The van der Waals surface area contributed by atoms with E-state index in [1.54, 1.807) is 0 Å². The second-order valence-electron chi connectivity index (χ2n) is 3.21. The first kappa shape index (κ1) is 7.40. The molecule has 1 aromatic heterocycles. The topological polar surface area (TPSA) is 34.0 Å². The number of hydrogen-bond donors (Lipinski definition) is 1. The van der Waals surface area contributed by atoms with Gasteiger partial charge >= 0.3 is 0 Å². The minimum absolute atomic E-state index is 0.0561. The Bertz CT molecular complexity index is 314. The molecule has 0 atom stereocenters. The fraction of sp³-hybridized carbons (Fsp3) is 0.444. The number of hydrogen-bond acceptors (Lipinski definition) is 1. The van der Waals surface area contributed by atoms with Gasteiger partial charge in [-0.05, 0) is 25.0 Å². The molecule has 64 valence electrons. The van der Waals surface area contributed by atoms with Crippen LogP contribution in [-0.2, 0) is 6.54 Å². The van der Waals surface area contributed by atoms with Crippen LogP contribution in [0.3, 0.4) is 0 Å². The maximum absolute atomic E-state index is 11.4. The molecule has 1 aromatic rings. The third kappa shape index (κ3) is 1.11. The highest BCUT2D eigenvalue weighted by Crippen LogP contribution is 2.10. The highest BCUT2D eigenvalue weighted by Gasteiger charge is 2.14. The van der Waals surface area contributed by atoms with Gasteiger partial charge in [0, 0.05) is 19.3 Å². The van der Waals surface area contributed by atoms with Gasteiger partial charge in [0.15, 0.2) is 0 Å². The summed E-state index contributed by atoms with van der Waals surface area (Å²) in [5.41, 5.74) is 1.95. The Morgan fingerprint density at radius 3 is 3.25 bits per heavy atom. The Balaban J connectivity index is 2.44. The zero-order chi connectivity index (χ0) is 8.55. The van der Waals surface area contributed by atoms with Gasteiger partial charge < -0.3 is 9.88 Å². The van der Waals surface area contributed by atoms with Gasteiger partial charge in [-0.2, -0.15) is 0 Å². The van der Waals surface area contributed by atoms with Gasteiger partial charge in [-0.25, -0.2) is 0 Å². The standard InChI is InChI=1S/C9H12N2O/c1-7-5-8-9(12)10-3-2-4-11(8)6-7/h5-6H,2-4H2,1H3,(H,10,12). The molecule has 1 aliphatic rings. The lowest BCUT2D eigenvalue weighted by molar-refractivity contribution is 0.0951. The van der Waals surface area contributed by atoms with E-state index in [9.17, 15) is 4.79 Å². The quantitative estimate of drug-likeness (QED) is 0.608. The van der Waals surface area contributed by atoms with Crippen LogP contribution in [0.25, 0.3) is 0 Å². The van der Waals surface area contributed by atoms with Crippen LogP contribution in [0.1, 0.15) is 22.5 Å². The fourth-order valence-corrected chi connectivity index (χ4v) is 1.57. The van der Waals surface area contributed by atoms with E-state index in [0.717, 1.165) is 30.8 Å². The van der Waals surface area contributed by atoms with Crippen LogP contribution in [-0.4, -0.2) is 17.0 Å². The Kier molecular flexibility index (Phi) is 1.64. The zero-order valence-electron chi connectivity index (χ0n) is 7.13. The van der Waals surface area contributed by atoms with Gasteiger partial charge in [0.2, 0.25) is 0 Å². The average molecular weight is 164 g/mol. The molecular formula is C9H12N2O. The highest BCUT2D eigenvalue weighted by molar-refractivity contribution is 5.93. The first-order chi connectivity index (χ1) is 5.77. The predicted octanol–water partition coefficient (Wildman–Crippen LogP) is 0.930. The molecule has 0 saturated heterocycles. The number of aryl methyl sites for hydroxylation is 2. The molecule has 1 amide bonds. The monoisotopic (exact) mass is 164 g/mol. The van der Waals surface area contributed by atoms with Crippen LogP contribution in [0, 0.1) is 6.92 Å². The van der Waals surface area contributed by atoms with E-state index in [4.69, 9.17) is 0 Å². The number of amides is 1. The van der Waals surface area contributed by atoms with Crippen molar-refractivity contribution in [2.24, 2.45) is 0 Å². The van der Waals surface area contributed by atoms with Crippen molar-refractivity contribution in [3.8, 4) is 0 Å². The normalized spacial score (nSPS) is 16.6. The maximum atomic E-state index is 11.4. The van der Waals surface area contributed by atoms with E-state index in [1.165, 1.54) is 0 Å². The summed E-state index contributed by atoms with van der Waals surface area (Å²) in [7, 11) is 0. The Morgan fingerprint density at radius 1 is 1.58 bits per heavy atom. The van der Waals surface area contributed by atoms with E-state index >= 15 is 0 Å². The van der Waals surface area contributed by atoms with Crippen molar-refractivity contribution in [1.29, 1.82) is 0 Å². The van der Waals surface area contributed by atoms with Gasteiger partial charge in [0.25, 0.3) is 5.91 Å². The summed E-state index contributed by atoms with van der Waals surface area (Å²) in [6.45, 7) is 3.75. The predicted molar refractivity (Wildman–Crippen MR) is 46.1 cm³/mol. The number of aromatic nitrogens is 1. The average Bonchev–Trinajstić information content (AvgIpc) is 2.33. The van der Waals surface area contributed by atoms with Crippen LogP contribution in [0.5, 0.6) is 0 Å². The maximum Gasteiger partial charge on any atom is 0.267 e. The van der Waals surface area contributed by atoms with Crippen LogP contribution < -0.4 is 5.32 Å². The molecule has 0 fully saturated rings. The minimum atomic E-state index is 0.0561. The third-order valence-electron chi connectivity index (χ3n) is 2.13. The smallest absolute Gasteiger partial charge is 0.267 e. The lowest BCUT2D eigenvalue weighted by Gasteiger charge is -1.99. The lowest BCUT2D eigenvalue weighted by atomic mass is 10.3. The molecule has 0 unspecified atom stereocenters. The van der Waals surface area contributed by atoms with Gasteiger partial charge in [0.1, 0.15) is 5.69 Å². The molecule has 2 rings (SSSR count). The zero-order valence-corrected chi connectivity index (χ0v) is 7.13. The van der Waals surface area contributed by atoms with Crippen LogP contribution in [0.2, 0.25) is 0 Å². The SMILES string of the molecule is Cc1cc2n(c1)CCCNC2=O. The molecule has 0 aromatic carbocycles. The molecule has 2 heterocycles. The second-order valence-corrected chi connectivity index (χ2v) is 3.21.